The largest absolute Gasteiger partial charge is 0.462 e. The van der Waals surface area contributed by atoms with E-state index in [4.69, 9.17) is 13.9 Å². The quantitative estimate of drug-likeness (QED) is 0.147. The number of furan rings is 1. The molecule has 36 heavy (non-hydrogen) atoms. The molecule has 0 fully saturated rings. The molecular weight excluding hydrogens is 482 g/mol. The van der Waals surface area contributed by atoms with Crippen molar-refractivity contribution in [3.63, 3.8) is 0 Å². The minimum Gasteiger partial charge on any atom is -0.462 e. The molecule has 3 aromatic carbocycles. The number of ether oxygens (including phenoxy) is 2. The van der Waals surface area contributed by atoms with E-state index in [0.717, 1.165) is 0 Å². The van der Waals surface area contributed by atoms with Crippen molar-refractivity contribution in [1.29, 1.82) is 0 Å². The Balaban J connectivity index is 1.89. The maximum Gasteiger partial charge on any atom is 0.342 e. The lowest BCUT2D eigenvalue weighted by Gasteiger charge is -2.09. The van der Waals surface area contributed by atoms with Gasteiger partial charge in [-0.3, -0.25) is 20.2 Å². The van der Waals surface area contributed by atoms with Gasteiger partial charge >= 0.3 is 17.3 Å². The summed E-state index contributed by atoms with van der Waals surface area (Å²) in [6.45, 7) is 1.70. The molecular formula is C24H16F2N2O8. The highest BCUT2D eigenvalue weighted by Crippen LogP contribution is 2.44. The van der Waals surface area contributed by atoms with Crippen LogP contribution in [0.4, 0.5) is 20.2 Å². The second-order valence-corrected chi connectivity index (χ2v) is 7.36. The predicted molar refractivity (Wildman–Crippen MR) is 122 cm³/mol. The number of hydrogen-bond acceptors (Lipinski definition) is 8. The lowest BCUT2D eigenvalue weighted by molar-refractivity contribution is -0.395. The van der Waals surface area contributed by atoms with Crippen LogP contribution in [0.1, 0.15) is 29.3 Å². The van der Waals surface area contributed by atoms with Crippen LogP contribution in [0.15, 0.2) is 65.1 Å². The molecule has 0 atom stereocenters. The van der Waals surface area contributed by atoms with E-state index in [2.05, 4.69) is 0 Å². The number of hydrogen-bond donors (Lipinski definition) is 0. The van der Waals surface area contributed by atoms with E-state index >= 15 is 0 Å². The van der Waals surface area contributed by atoms with Gasteiger partial charge in [-0.05, 0) is 25.1 Å². The molecule has 0 N–H and O–H groups in total. The maximum absolute atomic E-state index is 13.2. The molecule has 184 valence electrons. The van der Waals surface area contributed by atoms with Crippen molar-refractivity contribution in [2.75, 3.05) is 6.61 Å². The van der Waals surface area contributed by atoms with Crippen LogP contribution in [0.25, 0.3) is 22.3 Å². The highest BCUT2D eigenvalue weighted by atomic mass is 19.3. The molecule has 0 saturated carbocycles. The van der Waals surface area contributed by atoms with E-state index in [-0.39, 0.29) is 34.6 Å². The maximum atomic E-state index is 13.2. The van der Waals surface area contributed by atoms with Crippen LogP contribution in [-0.2, 0) is 4.74 Å². The molecule has 0 spiro atoms. The van der Waals surface area contributed by atoms with E-state index in [1.807, 2.05) is 0 Å². The number of fused-ring (bicyclic) bond motifs is 1. The van der Waals surface area contributed by atoms with Crippen molar-refractivity contribution in [2.45, 2.75) is 13.3 Å². The van der Waals surface area contributed by atoms with Gasteiger partial charge < -0.3 is 13.9 Å². The molecule has 0 saturated heterocycles. The Bertz CT molecular complexity index is 1450. The first-order valence-corrected chi connectivity index (χ1v) is 10.4. The minimum atomic E-state index is -3.18. The van der Waals surface area contributed by atoms with E-state index in [1.54, 1.807) is 37.3 Å². The van der Waals surface area contributed by atoms with E-state index in [9.17, 15) is 33.8 Å². The summed E-state index contributed by atoms with van der Waals surface area (Å²) in [5.41, 5.74) is -2.04. The first kappa shape index (κ1) is 24.3. The van der Waals surface area contributed by atoms with Crippen molar-refractivity contribution in [2.24, 2.45) is 0 Å². The molecule has 0 amide bonds. The third-order valence-electron chi connectivity index (χ3n) is 5.11. The summed E-state index contributed by atoms with van der Waals surface area (Å²) in [4.78, 5) is 33.8. The van der Waals surface area contributed by atoms with Gasteiger partial charge in [0.15, 0.2) is 0 Å². The van der Waals surface area contributed by atoms with Crippen LogP contribution in [0.3, 0.4) is 0 Å². The minimum absolute atomic E-state index is 0.0561. The number of carbonyl (C=O) groups is 1. The van der Waals surface area contributed by atoms with Crippen molar-refractivity contribution < 1.29 is 37.3 Å². The van der Waals surface area contributed by atoms with Crippen LogP contribution in [0.2, 0.25) is 0 Å². The van der Waals surface area contributed by atoms with Gasteiger partial charge in [-0.1, -0.05) is 30.3 Å². The first-order valence-electron chi connectivity index (χ1n) is 10.4. The third kappa shape index (κ3) is 4.56. The number of rotatable bonds is 8. The zero-order valence-electron chi connectivity index (χ0n) is 18.5. The van der Waals surface area contributed by atoms with Crippen LogP contribution in [0.5, 0.6) is 11.5 Å². The third-order valence-corrected chi connectivity index (χ3v) is 5.11. The van der Waals surface area contributed by atoms with Gasteiger partial charge in [0, 0.05) is 28.6 Å². The molecule has 0 aliphatic carbocycles. The molecule has 4 rings (SSSR count). The highest BCUT2D eigenvalue weighted by molar-refractivity contribution is 6.09. The second kappa shape index (κ2) is 9.78. The van der Waals surface area contributed by atoms with Crippen molar-refractivity contribution in [3.05, 3.63) is 92.0 Å². The zero-order valence-corrected chi connectivity index (χ0v) is 18.5. The van der Waals surface area contributed by atoms with E-state index in [0.29, 0.717) is 17.7 Å². The molecule has 10 nitrogen and oxygen atoms in total. The Morgan fingerprint density at radius 2 is 1.64 bits per heavy atom. The fourth-order valence-corrected chi connectivity index (χ4v) is 3.58. The summed E-state index contributed by atoms with van der Waals surface area (Å²) in [5.74, 6) is -1.47. The monoisotopic (exact) mass is 498 g/mol. The van der Waals surface area contributed by atoms with Crippen molar-refractivity contribution in [1.82, 2.24) is 0 Å². The smallest absolute Gasteiger partial charge is 0.342 e. The lowest BCUT2D eigenvalue weighted by atomic mass is 10.1. The van der Waals surface area contributed by atoms with Crippen LogP contribution in [-0.4, -0.2) is 22.4 Å². The first-order chi connectivity index (χ1) is 17.2. The molecule has 0 aliphatic heterocycles. The lowest BCUT2D eigenvalue weighted by Crippen LogP contribution is -2.05. The number of alkyl halides is 2. The number of nitrogens with zero attached hydrogens (tertiary/aromatic N) is 2. The van der Waals surface area contributed by atoms with Gasteiger partial charge in [-0.2, -0.15) is 0 Å². The molecule has 0 aliphatic rings. The number of halogens is 2. The number of esters is 1. The summed E-state index contributed by atoms with van der Waals surface area (Å²) in [6.07, 6.45) is -3.18. The normalized spacial score (nSPS) is 11.0. The standard InChI is InChI=1S/C24H16F2N2O8/c1-2-34-24(29)20-16-12-15(8-9-19(16)36-21(20)13-6-4-3-5-7-13)35-22-17(27(30)31)10-14(23(25)26)11-18(22)28(32)33/h3-12,23H,2H2,1H3. The molecule has 1 heterocycles. The number of nitro groups is 2. The van der Waals surface area contributed by atoms with Gasteiger partial charge in [-0.25, -0.2) is 13.6 Å². The summed E-state index contributed by atoms with van der Waals surface area (Å²) in [7, 11) is 0. The average molecular weight is 498 g/mol. The number of benzene rings is 3. The molecule has 12 heteroatoms. The summed E-state index contributed by atoms with van der Waals surface area (Å²) < 4.78 is 42.9. The zero-order chi connectivity index (χ0) is 26.0. The molecule has 0 bridgehead atoms. The fraction of sp³-hybridized carbons (Fsp3) is 0.125. The number of carbonyl (C=O) groups excluding carboxylic acids is 1. The SMILES string of the molecule is CCOC(=O)c1c(-c2ccccc2)oc2ccc(Oc3c([N+](=O)[O-])cc(C(F)F)cc3[N+](=O)[O-])cc12. The Hall–Kier alpha value is -4.87. The Morgan fingerprint density at radius 1 is 1.00 bits per heavy atom. The van der Waals surface area contributed by atoms with Gasteiger partial charge in [0.1, 0.15) is 22.7 Å². The Labute approximate surface area is 201 Å². The highest BCUT2D eigenvalue weighted by Gasteiger charge is 2.32. The molecule has 0 radical (unpaired) electrons. The van der Waals surface area contributed by atoms with Crippen molar-refractivity contribution in [3.8, 4) is 22.8 Å². The van der Waals surface area contributed by atoms with E-state index < -0.39 is 44.9 Å². The Morgan fingerprint density at radius 3 is 2.19 bits per heavy atom. The van der Waals surface area contributed by atoms with Gasteiger partial charge in [0.25, 0.3) is 12.2 Å². The molecule has 0 unspecified atom stereocenters. The van der Waals surface area contributed by atoms with Crippen LogP contribution in [0, 0.1) is 20.2 Å². The second-order valence-electron chi connectivity index (χ2n) is 7.36. The van der Waals surface area contributed by atoms with E-state index in [1.165, 1.54) is 18.2 Å². The summed E-state index contributed by atoms with van der Waals surface area (Å²) >= 11 is 0. The summed E-state index contributed by atoms with van der Waals surface area (Å²) in [6, 6.07) is 13.7. The number of nitro benzene ring substituents is 2. The molecule has 4 aromatic rings. The predicted octanol–water partition coefficient (Wildman–Crippen LogP) is 6.82. The van der Waals surface area contributed by atoms with Crippen molar-refractivity contribution >= 4 is 28.3 Å². The van der Waals surface area contributed by atoms with Gasteiger partial charge in [-0.15, -0.1) is 0 Å². The fourth-order valence-electron chi connectivity index (χ4n) is 3.58. The molecule has 1 aromatic heterocycles. The van der Waals surface area contributed by atoms with Gasteiger partial charge in [0.2, 0.25) is 0 Å². The van der Waals surface area contributed by atoms with Crippen LogP contribution >= 0.6 is 0 Å². The van der Waals surface area contributed by atoms with Crippen LogP contribution < -0.4 is 4.74 Å². The average Bonchev–Trinajstić information content (AvgIpc) is 3.23. The van der Waals surface area contributed by atoms with Gasteiger partial charge in [0.05, 0.1) is 16.5 Å². The Kier molecular flexibility index (Phi) is 6.59. The topological polar surface area (TPSA) is 135 Å². The summed E-state index contributed by atoms with van der Waals surface area (Å²) in [5, 5.41) is 23.3.